The third-order valence-electron chi connectivity index (χ3n) is 8.22. The van der Waals surface area contributed by atoms with Gasteiger partial charge in [0.25, 0.3) is 0 Å². The molecule has 0 bridgehead atoms. The molecule has 35 heavy (non-hydrogen) atoms. The van der Waals surface area contributed by atoms with Crippen molar-refractivity contribution in [2.45, 2.75) is 56.4 Å². The second-order valence-electron chi connectivity index (χ2n) is 10.3. The Morgan fingerprint density at radius 2 is 2.00 bits per heavy atom. The number of likely N-dealkylation sites (tertiary alicyclic amines) is 1. The lowest BCUT2D eigenvalue weighted by Crippen LogP contribution is -2.46. The molecule has 3 atom stereocenters. The molecule has 7 heteroatoms. The van der Waals surface area contributed by atoms with Crippen LogP contribution in [0.25, 0.3) is 0 Å². The molecule has 0 spiro atoms. The Balaban J connectivity index is 1.27. The highest BCUT2D eigenvalue weighted by atomic mass is 19.2. The van der Waals surface area contributed by atoms with Crippen LogP contribution in [0.1, 0.15) is 56.1 Å². The van der Waals surface area contributed by atoms with E-state index in [1.807, 2.05) is 23.1 Å². The van der Waals surface area contributed by atoms with Crippen molar-refractivity contribution in [3.63, 3.8) is 0 Å². The zero-order valence-electron chi connectivity index (χ0n) is 20.0. The number of urea groups is 1. The predicted molar refractivity (Wildman–Crippen MR) is 131 cm³/mol. The van der Waals surface area contributed by atoms with E-state index >= 15 is 0 Å². The summed E-state index contributed by atoms with van der Waals surface area (Å²) in [6, 6.07) is 13.5. The molecule has 0 aromatic heterocycles. The number of fused-ring (bicyclic) bond motifs is 1. The predicted octanol–water partition coefficient (Wildman–Crippen LogP) is 5.67. The number of nitriles is 1. The molecule has 1 saturated heterocycles. The number of hydrogen-bond acceptors (Lipinski definition) is 3. The Kier molecular flexibility index (Phi) is 6.75. The fourth-order valence-corrected chi connectivity index (χ4v) is 6.24. The Hall–Kier alpha value is -2.98. The second-order valence-corrected chi connectivity index (χ2v) is 10.3. The largest absolute Gasteiger partial charge is 0.322 e. The number of carbonyl (C=O) groups is 1. The van der Waals surface area contributed by atoms with Crippen LogP contribution in [0, 0.1) is 28.9 Å². The van der Waals surface area contributed by atoms with Gasteiger partial charge >= 0.3 is 6.03 Å². The number of amides is 2. The number of hydrogen-bond donors (Lipinski definition) is 1. The molecule has 2 aromatic carbocycles. The van der Waals surface area contributed by atoms with Gasteiger partial charge in [-0.2, -0.15) is 5.26 Å². The normalized spacial score (nSPS) is 25.5. The average molecular weight is 479 g/mol. The van der Waals surface area contributed by atoms with Crippen LogP contribution in [0.3, 0.4) is 0 Å². The smallest absolute Gasteiger partial charge is 0.321 e. The number of halogens is 2. The number of carbonyl (C=O) groups excluding carboxylic acids is 1. The Morgan fingerprint density at radius 1 is 1.17 bits per heavy atom. The topological polar surface area (TPSA) is 59.4 Å². The number of nitrogens with zero attached hydrogens (tertiary/aromatic N) is 3. The maximum Gasteiger partial charge on any atom is 0.322 e. The number of benzene rings is 2. The molecular weight excluding hydrogens is 446 g/mol. The summed E-state index contributed by atoms with van der Waals surface area (Å²) >= 11 is 0. The van der Waals surface area contributed by atoms with Crippen molar-refractivity contribution in [3.05, 3.63) is 65.2 Å². The Bertz CT molecular complexity index is 1130. The van der Waals surface area contributed by atoms with E-state index in [1.165, 1.54) is 24.5 Å². The zero-order valence-corrected chi connectivity index (χ0v) is 20.0. The van der Waals surface area contributed by atoms with Crippen molar-refractivity contribution in [2.24, 2.45) is 5.92 Å². The minimum absolute atomic E-state index is 0.110. The van der Waals surface area contributed by atoms with Crippen LogP contribution in [0.4, 0.5) is 19.3 Å². The minimum Gasteiger partial charge on any atom is -0.321 e. The summed E-state index contributed by atoms with van der Waals surface area (Å²) in [5.74, 6) is -1.40. The average Bonchev–Trinajstić information content (AvgIpc) is 3.38. The van der Waals surface area contributed by atoms with Crippen LogP contribution in [0.2, 0.25) is 0 Å². The van der Waals surface area contributed by atoms with Gasteiger partial charge in [-0.15, -0.1) is 0 Å². The highest BCUT2D eigenvalue weighted by Crippen LogP contribution is 2.62. The third kappa shape index (κ3) is 5.04. The molecule has 2 aliphatic carbocycles. The molecule has 2 amide bonds. The van der Waals surface area contributed by atoms with E-state index in [1.54, 1.807) is 0 Å². The summed E-state index contributed by atoms with van der Waals surface area (Å²) in [6.45, 7) is 3.85. The summed E-state index contributed by atoms with van der Waals surface area (Å²) < 4.78 is 27.1. The SMILES string of the molecule is N#Cc1cccc([C@]23CC[C@H](N(CCCN4CCCC4)C(=O)Nc4ccc(F)c(F)c4)CC2C3)c1. The maximum atomic E-state index is 13.7. The van der Waals surface area contributed by atoms with Gasteiger partial charge in [0.2, 0.25) is 0 Å². The second kappa shape index (κ2) is 9.94. The van der Waals surface area contributed by atoms with Gasteiger partial charge in [0, 0.05) is 24.3 Å². The van der Waals surface area contributed by atoms with Crippen molar-refractivity contribution in [3.8, 4) is 6.07 Å². The van der Waals surface area contributed by atoms with Gasteiger partial charge in [0.15, 0.2) is 11.6 Å². The molecule has 3 fully saturated rings. The van der Waals surface area contributed by atoms with Crippen molar-refractivity contribution >= 4 is 11.7 Å². The molecule has 1 unspecified atom stereocenters. The Morgan fingerprint density at radius 3 is 2.74 bits per heavy atom. The molecule has 3 aliphatic rings. The lowest BCUT2D eigenvalue weighted by Gasteiger charge is -2.37. The fraction of sp³-hybridized carbons (Fsp3) is 0.500. The molecule has 1 aliphatic heterocycles. The molecule has 184 valence electrons. The van der Waals surface area contributed by atoms with Crippen molar-refractivity contribution < 1.29 is 13.6 Å². The van der Waals surface area contributed by atoms with E-state index in [0.29, 0.717) is 18.0 Å². The van der Waals surface area contributed by atoms with Gasteiger partial charge in [-0.05, 0) is 106 Å². The van der Waals surface area contributed by atoms with Gasteiger partial charge in [-0.3, -0.25) is 0 Å². The van der Waals surface area contributed by atoms with Crippen molar-refractivity contribution in [1.29, 1.82) is 5.26 Å². The van der Waals surface area contributed by atoms with Crippen LogP contribution in [0.5, 0.6) is 0 Å². The quantitative estimate of drug-likeness (QED) is 0.558. The first-order chi connectivity index (χ1) is 17.0. The summed E-state index contributed by atoms with van der Waals surface area (Å²) in [5, 5.41) is 12.1. The van der Waals surface area contributed by atoms with Gasteiger partial charge in [-0.25, -0.2) is 13.6 Å². The van der Waals surface area contributed by atoms with Crippen LogP contribution in [-0.4, -0.2) is 48.1 Å². The fourth-order valence-electron chi connectivity index (χ4n) is 6.24. The summed E-state index contributed by atoms with van der Waals surface area (Å²) in [6.07, 6.45) is 7.25. The number of rotatable bonds is 7. The minimum atomic E-state index is -0.969. The van der Waals surface area contributed by atoms with E-state index in [4.69, 9.17) is 0 Å². The standard InChI is InChI=1S/C28H32F2N4O/c29-25-8-7-23(17-26(25)30)32-27(35)34(14-4-13-33-11-1-2-12-33)24-9-10-28(18-22(28)16-24)21-6-3-5-20(15-21)19-31/h3,5-8,15,17,22,24H,1-2,4,9-14,16,18H2,(H,32,35)/t22?,24-,28+/m0/s1. The first kappa shape index (κ1) is 23.7. The van der Waals surface area contributed by atoms with Gasteiger partial charge in [0.1, 0.15) is 0 Å². The molecular formula is C28H32F2N4O. The highest BCUT2D eigenvalue weighted by Gasteiger charge is 2.58. The molecule has 5 rings (SSSR count). The molecule has 2 aromatic rings. The van der Waals surface area contributed by atoms with Crippen LogP contribution in [0.15, 0.2) is 42.5 Å². The van der Waals surface area contributed by atoms with Crippen molar-refractivity contribution in [2.75, 3.05) is 31.5 Å². The number of nitrogens with one attached hydrogen (secondary N) is 1. The monoisotopic (exact) mass is 478 g/mol. The van der Waals surface area contributed by atoms with E-state index in [-0.39, 0.29) is 23.2 Å². The Labute approximate surface area is 205 Å². The molecule has 1 N–H and O–H groups in total. The molecule has 1 heterocycles. The summed E-state index contributed by atoms with van der Waals surface area (Å²) in [7, 11) is 0. The molecule has 2 saturated carbocycles. The molecule has 0 radical (unpaired) electrons. The first-order valence-electron chi connectivity index (χ1n) is 12.7. The van der Waals surface area contributed by atoms with Crippen LogP contribution in [-0.2, 0) is 5.41 Å². The highest BCUT2D eigenvalue weighted by molar-refractivity contribution is 5.89. The first-order valence-corrected chi connectivity index (χ1v) is 12.7. The van der Waals surface area contributed by atoms with Gasteiger partial charge < -0.3 is 15.1 Å². The lowest BCUT2D eigenvalue weighted by molar-refractivity contribution is 0.156. The number of anilines is 1. The lowest BCUT2D eigenvalue weighted by atomic mass is 9.80. The van der Waals surface area contributed by atoms with E-state index in [2.05, 4.69) is 22.4 Å². The maximum absolute atomic E-state index is 13.7. The summed E-state index contributed by atoms with van der Waals surface area (Å²) in [4.78, 5) is 17.7. The van der Waals surface area contributed by atoms with E-state index in [0.717, 1.165) is 63.9 Å². The third-order valence-corrected chi connectivity index (χ3v) is 8.22. The van der Waals surface area contributed by atoms with Gasteiger partial charge in [-0.1, -0.05) is 12.1 Å². The summed E-state index contributed by atoms with van der Waals surface area (Å²) in [5.41, 5.74) is 2.33. The van der Waals surface area contributed by atoms with Crippen LogP contribution >= 0.6 is 0 Å². The van der Waals surface area contributed by atoms with E-state index in [9.17, 15) is 18.8 Å². The zero-order chi connectivity index (χ0) is 24.4. The van der Waals surface area contributed by atoms with Crippen LogP contribution < -0.4 is 5.32 Å². The van der Waals surface area contributed by atoms with E-state index < -0.39 is 11.6 Å². The van der Waals surface area contributed by atoms with Gasteiger partial charge in [0.05, 0.1) is 11.6 Å². The van der Waals surface area contributed by atoms with Crippen molar-refractivity contribution in [1.82, 2.24) is 9.80 Å². The molecule has 5 nitrogen and oxygen atoms in total.